The van der Waals surface area contributed by atoms with Gasteiger partial charge in [-0.3, -0.25) is 0 Å². The van der Waals surface area contributed by atoms with Crippen LogP contribution in [-0.4, -0.2) is 32.2 Å². The van der Waals surface area contributed by atoms with E-state index in [1.165, 1.54) is 0 Å². The average molecular weight is 453 g/mol. The van der Waals surface area contributed by atoms with Crippen molar-refractivity contribution in [2.75, 3.05) is 0 Å². The van der Waals surface area contributed by atoms with Gasteiger partial charge in [0.1, 0.15) is 5.69 Å². The Hall–Kier alpha value is -0.150. The van der Waals surface area contributed by atoms with E-state index in [1.54, 1.807) is 36.5 Å². The van der Waals surface area contributed by atoms with Crippen molar-refractivity contribution in [3.8, 4) is 11.8 Å². The summed E-state index contributed by atoms with van der Waals surface area (Å²) in [6.45, 7) is 13.8. The van der Waals surface area contributed by atoms with E-state index in [9.17, 15) is 9.50 Å². The summed E-state index contributed by atoms with van der Waals surface area (Å²) in [6, 6.07) is 12.4. The van der Waals surface area contributed by atoms with Gasteiger partial charge in [0.25, 0.3) is 0 Å². The topological polar surface area (TPSA) is 47.2 Å². The first-order chi connectivity index (χ1) is 12.9. The SMILES string of the molecule is C[Si](C)(C)[N-][Si](C)(C)C.OC1(C#Cc2ccccn2)Cc2ccccc2C1F.[K+]. The van der Waals surface area contributed by atoms with E-state index in [-0.39, 0.29) is 57.8 Å². The molecule has 150 valence electrons. The van der Waals surface area contributed by atoms with E-state index in [0.717, 1.165) is 5.56 Å². The van der Waals surface area contributed by atoms with Crippen LogP contribution in [0.25, 0.3) is 4.65 Å². The second-order valence-electron chi connectivity index (χ2n) is 9.08. The molecule has 1 heterocycles. The zero-order valence-electron chi connectivity index (χ0n) is 18.6. The van der Waals surface area contributed by atoms with Gasteiger partial charge >= 0.3 is 51.4 Å². The Labute approximate surface area is 219 Å². The van der Waals surface area contributed by atoms with E-state index in [1.807, 2.05) is 12.1 Å². The van der Waals surface area contributed by atoms with Crippen molar-refractivity contribution in [2.45, 2.75) is 57.5 Å². The van der Waals surface area contributed by atoms with Crippen molar-refractivity contribution >= 4 is 16.5 Å². The number of aromatic nitrogens is 1. The van der Waals surface area contributed by atoms with Gasteiger partial charge in [-0.1, -0.05) is 92.0 Å². The number of pyridine rings is 1. The smallest absolute Gasteiger partial charge is 0.668 e. The molecule has 0 bridgehead atoms. The molecule has 0 saturated heterocycles. The van der Waals surface area contributed by atoms with Crippen molar-refractivity contribution in [2.24, 2.45) is 0 Å². The molecule has 0 fully saturated rings. The maximum atomic E-state index is 14.3. The number of rotatable bonds is 2. The van der Waals surface area contributed by atoms with Crippen LogP contribution in [0.4, 0.5) is 4.39 Å². The third-order valence-electron chi connectivity index (χ3n) is 3.95. The van der Waals surface area contributed by atoms with Crippen LogP contribution in [0.15, 0.2) is 48.7 Å². The first-order valence-electron chi connectivity index (χ1n) is 9.52. The predicted molar refractivity (Wildman–Crippen MR) is 120 cm³/mol. The number of hydrogen-bond donors (Lipinski definition) is 1. The fraction of sp³-hybridized carbons (Fsp3) is 0.409. The molecule has 1 N–H and O–H groups in total. The van der Waals surface area contributed by atoms with Gasteiger partial charge in [0.2, 0.25) is 0 Å². The second-order valence-corrected chi connectivity index (χ2v) is 18.7. The van der Waals surface area contributed by atoms with Crippen LogP contribution in [0.2, 0.25) is 39.3 Å². The van der Waals surface area contributed by atoms with Gasteiger partial charge in [0, 0.05) is 12.6 Å². The van der Waals surface area contributed by atoms with Gasteiger partial charge in [0.15, 0.2) is 11.8 Å². The molecule has 1 aliphatic carbocycles. The summed E-state index contributed by atoms with van der Waals surface area (Å²) < 4.78 is 19.1. The van der Waals surface area contributed by atoms with Gasteiger partial charge < -0.3 is 9.75 Å². The van der Waals surface area contributed by atoms with Crippen LogP contribution < -0.4 is 51.4 Å². The first-order valence-corrected chi connectivity index (χ1v) is 16.4. The van der Waals surface area contributed by atoms with Crippen molar-refractivity contribution in [3.63, 3.8) is 0 Å². The van der Waals surface area contributed by atoms with E-state index in [0.29, 0.717) is 11.3 Å². The van der Waals surface area contributed by atoms with Crippen LogP contribution in [0, 0.1) is 11.8 Å². The summed E-state index contributed by atoms with van der Waals surface area (Å²) in [5.41, 5.74) is 0.216. The largest absolute Gasteiger partial charge is 1.00 e. The summed E-state index contributed by atoms with van der Waals surface area (Å²) in [6.07, 6.45) is 0.356. The minimum Gasteiger partial charge on any atom is -0.668 e. The molecule has 2 atom stereocenters. The fourth-order valence-corrected chi connectivity index (χ4v) is 11.4. The van der Waals surface area contributed by atoms with Crippen LogP contribution in [-0.2, 0) is 6.42 Å². The Bertz CT molecular complexity index is 845. The normalized spacial score (nSPS) is 20.3. The van der Waals surface area contributed by atoms with Gasteiger partial charge in [-0.05, 0) is 29.2 Å². The Morgan fingerprint density at radius 1 is 1.03 bits per heavy atom. The molecule has 7 heteroatoms. The maximum Gasteiger partial charge on any atom is 1.00 e. The minimum absolute atomic E-state index is 0. The number of fused-ring (bicyclic) bond motifs is 1. The molecule has 29 heavy (non-hydrogen) atoms. The molecule has 1 aromatic heterocycles. The maximum absolute atomic E-state index is 14.3. The fourth-order valence-electron chi connectivity index (χ4n) is 3.30. The molecule has 3 nitrogen and oxygen atoms in total. The Balaban J connectivity index is 0.000000362. The predicted octanol–water partition coefficient (Wildman–Crippen LogP) is 2.46. The van der Waals surface area contributed by atoms with Crippen LogP contribution in [0.3, 0.4) is 0 Å². The van der Waals surface area contributed by atoms with Crippen LogP contribution >= 0.6 is 0 Å². The van der Waals surface area contributed by atoms with Crippen molar-refractivity contribution in [1.29, 1.82) is 0 Å². The molecule has 1 aliphatic rings. The average Bonchev–Trinajstić information content (AvgIpc) is 2.83. The third kappa shape index (κ3) is 8.85. The third-order valence-corrected chi connectivity index (χ3v) is 9.32. The summed E-state index contributed by atoms with van der Waals surface area (Å²) in [5, 5.41) is 10.4. The van der Waals surface area contributed by atoms with Crippen LogP contribution in [0.1, 0.15) is 23.0 Å². The molecule has 3 rings (SSSR count). The van der Waals surface area contributed by atoms with E-state index < -0.39 is 28.2 Å². The number of alkyl halides is 1. The first kappa shape index (κ1) is 26.9. The quantitative estimate of drug-likeness (QED) is 0.562. The summed E-state index contributed by atoms with van der Waals surface area (Å²) in [5.74, 6) is 5.38. The summed E-state index contributed by atoms with van der Waals surface area (Å²) in [4.78, 5) is 4.04. The van der Waals surface area contributed by atoms with E-state index in [4.69, 9.17) is 4.65 Å². The molecular weight excluding hydrogens is 423 g/mol. The number of benzene rings is 1. The number of aliphatic hydroxyl groups is 1. The molecule has 0 spiro atoms. The molecule has 0 amide bonds. The molecular formula is C22H30FKN2OSi2. The molecule has 0 saturated carbocycles. The van der Waals surface area contributed by atoms with Gasteiger partial charge in [-0.25, -0.2) is 9.37 Å². The zero-order chi connectivity index (χ0) is 21.0. The Morgan fingerprint density at radius 2 is 1.62 bits per heavy atom. The number of halogens is 1. The van der Waals surface area contributed by atoms with Gasteiger partial charge in [-0.15, -0.1) is 0 Å². The second kappa shape index (κ2) is 10.9. The van der Waals surface area contributed by atoms with Crippen LogP contribution in [0.5, 0.6) is 0 Å². The molecule has 1 aromatic carbocycles. The van der Waals surface area contributed by atoms with Crippen molar-refractivity contribution < 1.29 is 60.9 Å². The molecule has 0 aliphatic heterocycles. The molecule has 2 unspecified atom stereocenters. The van der Waals surface area contributed by atoms with Gasteiger partial charge in [0.05, 0.1) is 0 Å². The summed E-state index contributed by atoms with van der Waals surface area (Å²) >= 11 is 0. The van der Waals surface area contributed by atoms with E-state index >= 15 is 0 Å². The minimum atomic E-state index is -1.65. The van der Waals surface area contributed by atoms with E-state index in [2.05, 4.69) is 56.1 Å². The number of nitrogens with zero attached hydrogens (tertiary/aromatic N) is 2. The monoisotopic (exact) mass is 452 g/mol. The Kier molecular flexibility index (Phi) is 10.1. The van der Waals surface area contributed by atoms with Crippen molar-refractivity contribution in [3.05, 3.63) is 70.1 Å². The van der Waals surface area contributed by atoms with Gasteiger partial charge in [-0.2, -0.15) is 0 Å². The Morgan fingerprint density at radius 3 is 2.10 bits per heavy atom. The summed E-state index contributed by atoms with van der Waals surface area (Å²) in [7, 11) is -2.21. The molecule has 0 radical (unpaired) electrons. The standard InChI is InChI=1S/C16H12FNO.C6H18NSi2.K/c17-15-14-7-2-1-5-12(14)11-16(15,19)9-8-13-6-3-4-10-18-13;1-8(2,3)7-9(4,5)6;/h1-7,10,15,19H,11H2;1-6H3;/q;-1;+1. The van der Waals surface area contributed by atoms with Crippen molar-refractivity contribution in [1.82, 2.24) is 4.98 Å². The zero-order valence-corrected chi connectivity index (χ0v) is 23.7. The molecule has 2 aromatic rings. The number of hydrogen-bond acceptors (Lipinski definition) is 2.